The van der Waals surface area contributed by atoms with Crippen molar-refractivity contribution in [3.05, 3.63) is 6.33 Å². The van der Waals surface area contributed by atoms with E-state index in [9.17, 15) is 0 Å². The van der Waals surface area contributed by atoms with Crippen molar-refractivity contribution in [3.8, 4) is 5.75 Å². The van der Waals surface area contributed by atoms with Gasteiger partial charge in [-0.15, -0.1) is 0 Å². The molecule has 0 saturated heterocycles. The number of methoxy groups -OCH3 is 2. The van der Waals surface area contributed by atoms with E-state index in [1.54, 1.807) is 7.11 Å². The first-order valence-electron chi connectivity index (χ1n) is 4.67. The number of ether oxygens (including phenoxy) is 2. The number of nitrogens with zero attached hydrogens (tertiary/aromatic N) is 2. The Labute approximate surface area is 88.8 Å². The standard InChI is InChI=1S/C9H16N4O2/c1-14-5-3-4-11-9-7(15-2)8(10)12-6-13-9/h6H,3-5H2,1-2H3,(H3,10,11,12,13). The Morgan fingerprint density at radius 3 is 2.87 bits per heavy atom. The molecule has 1 aromatic heterocycles. The number of hydrogen-bond acceptors (Lipinski definition) is 6. The van der Waals surface area contributed by atoms with Gasteiger partial charge in [-0.3, -0.25) is 0 Å². The van der Waals surface area contributed by atoms with E-state index < -0.39 is 0 Å². The molecular formula is C9H16N4O2. The molecule has 6 nitrogen and oxygen atoms in total. The number of nitrogens with one attached hydrogen (secondary N) is 1. The van der Waals surface area contributed by atoms with Gasteiger partial charge in [0.2, 0.25) is 5.75 Å². The van der Waals surface area contributed by atoms with E-state index in [1.165, 1.54) is 13.4 Å². The van der Waals surface area contributed by atoms with Gasteiger partial charge in [0.1, 0.15) is 6.33 Å². The van der Waals surface area contributed by atoms with E-state index in [4.69, 9.17) is 15.2 Å². The maximum Gasteiger partial charge on any atom is 0.203 e. The Morgan fingerprint density at radius 1 is 1.40 bits per heavy atom. The Bertz CT molecular complexity index is 306. The third-order valence-corrected chi connectivity index (χ3v) is 1.85. The van der Waals surface area contributed by atoms with Gasteiger partial charge < -0.3 is 20.5 Å². The summed E-state index contributed by atoms with van der Waals surface area (Å²) in [5, 5.41) is 3.10. The fraction of sp³-hybridized carbons (Fsp3) is 0.556. The van der Waals surface area contributed by atoms with Gasteiger partial charge in [-0.05, 0) is 6.42 Å². The monoisotopic (exact) mass is 212 g/mol. The van der Waals surface area contributed by atoms with E-state index in [-0.39, 0.29) is 0 Å². The molecule has 1 aromatic rings. The minimum Gasteiger partial charge on any atom is -0.490 e. The lowest BCUT2D eigenvalue weighted by atomic mass is 10.4. The predicted octanol–water partition coefficient (Wildman–Crippen LogP) is 0.516. The molecule has 0 aromatic carbocycles. The minimum atomic E-state index is 0.335. The summed E-state index contributed by atoms with van der Waals surface area (Å²) >= 11 is 0. The number of aromatic nitrogens is 2. The molecular weight excluding hydrogens is 196 g/mol. The van der Waals surface area contributed by atoms with Crippen molar-refractivity contribution in [2.24, 2.45) is 0 Å². The predicted molar refractivity (Wildman–Crippen MR) is 58.0 cm³/mol. The topological polar surface area (TPSA) is 82.3 Å². The van der Waals surface area contributed by atoms with Crippen LogP contribution in [0.2, 0.25) is 0 Å². The molecule has 0 aliphatic carbocycles. The maximum atomic E-state index is 5.62. The van der Waals surface area contributed by atoms with E-state index >= 15 is 0 Å². The zero-order valence-corrected chi connectivity index (χ0v) is 8.99. The van der Waals surface area contributed by atoms with Crippen molar-refractivity contribution in [2.75, 3.05) is 38.4 Å². The van der Waals surface area contributed by atoms with Crippen LogP contribution in [0.25, 0.3) is 0 Å². The van der Waals surface area contributed by atoms with Crippen molar-refractivity contribution < 1.29 is 9.47 Å². The van der Waals surface area contributed by atoms with Crippen LogP contribution in [0.3, 0.4) is 0 Å². The van der Waals surface area contributed by atoms with E-state index in [0.717, 1.165) is 13.0 Å². The Balaban J connectivity index is 2.56. The quantitative estimate of drug-likeness (QED) is 0.669. The second-order valence-electron chi connectivity index (χ2n) is 2.91. The first kappa shape index (κ1) is 11.5. The van der Waals surface area contributed by atoms with Gasteiger partial charge in [-0.2, -0.15) is 0 Å². The van der Waals surface area contributed by atoms with Crippen LogP contribution in [0, 0.1) is 0 Å². The Hall–Kier alpha value is -1.56. The van der Waals surface area contributed by atoms with Gasteiger partial charge in [0.05, 0.1) is 7.11 Å². The highest BCUT2D eigenvalue weighted by atomic mass is 16.5. The van der Waals surface area contributed by atoms with Crippen LogP contribution in [0.5, 0.6) is 5.75 Å². The zero-order valence-electron chi connectivity index (χ0n) is 8.99. The highest BCUT2D eigenvalue weighted by molar-refractivity contribution is 5.61. The molecule has 0 bridgehead atoms. The van der Waals surface area contributed by atoms with Crippen molar-refractivity contribution in [1.82, 2.24) is 9.97 Å². The van der Waals surface area contributed by atoms with Gasteiger partial charge in [0.15, 0.2) is 11.6 Å². The molecule has 0 amide bonds. The SMILES string of the molecule is COCCCNc1ncnc(N)c1OC. The van der Waals surface area contributed by atoms with E-state index in [1.807, 2.05) is 0 Å². The summed E-state index contributed by atoms with van der Waals surface area (Å²) in [5.74, 6) is 1.43. The van der Waals surface area contributed by atoms with Gasteiger partial charge in [0.25, 0.3) is 0 Å². The molecule has 0 radical (unpaired) electrons. The van der Waals surface area contributed by atoms with Gasteiger partial charge in [-0.1, -0.05) is 0 Å². The molecule has 1 rings (SSSR count). The molecule has 0 saturated carbocycles. The number of nitrogen functional groups attached to an aromatic ring is 1. The van der Waals surface area contributed by atoms with Crippen LogP contribution in [-0.2, 0) is 4.74 Å². The Morgan fingerprint density at radius 2 is 2.20 bits per heavy atom. The summed E-state index contributed by atoms with van der Waals surface area (Å²) in [7, 11) is 3.21. The van der Waals surface area contributed by atoms with Crippen LogP contribution in [0.1, 0.15) is 6.42 Å². The number of nitrogens with two attached hydrogens (primary N) is 1. The third-order valence-electron chi connectivity index (χ3n) is 1.85. The molecule has 1 heterocycles. The molecule has 0 spiro atoms. The summed E-state index contributed by atoms with van der Waals surface area (Å²) in [6, 6.07) is 0. The highest BCUT2D eigenvalue weighted by Gasteiger charge is 2.07. The van der Waals surface area contributed by atoms with Crippen LogP contribution < -0.4 is 15.8 Å². The van der Waals surface area contributed by atoms with Gasteiger partial charge >= 0.3 is 0 Å². The number of hydrogen-bond donors (Lipinski definition) is 2. The summed E-state index contributed by atoms with van der Waals surface area (Å²) in [6.07, 6.45) is 2.29. The third kappa shape index (κ3) is 3.25. The average Bonchev–Trinajstić information content (AvgIpc) is 2.24. The van der Waals surface area contributed by atoms with Crippen molar-refractivity contribution in [3.63, 3.8) is 0 Å². The lowest BCUT2D eigenvalue weighted by Gasteiger charge is -2.10. The molecule has 6 heteroatoms. The maximum absolute atomic E-state index is 5.62. The average molecular weight is 212 g/mol. The molecule has 0 aliphatic rings. The second-order valence-corrected chi connectivity index (χ2v) is 2.91. The number of rotatable bonds is 6. The van der Waals surface area contributed by atoms with Crippen molar-refractivity contribution in [1.29, 1.82) is 0 Å². The molecule has 0 fully saturated rings. The van der Waals surface area contributed by atoms with Gasteiger partial charge in [-0.25, -0.2) is 9.97 Å². The largest absolute Gasteiger partial charge is 0.490 e. The fourth-order valence-corrected chi connectivity index (χ4v) is 1.14. The zero-order chi connectivity index (χ0) is 11.1. The first-order chi connectivity index (χ1) is 7.29. The fourth-order valence-electron chi connectivity index (χ4n) is 1.14. The summed E-state index contributed by atoms with van der Waals surface area (Å²) < 4.78 is 10.0. The summed E-state index contributed by atoms with van der Waals surface area (Å²) in [5.41, 5.74) is 5.62. The molecule has 15 heavy (non-hydrogen) atoms. The molecule has 0 unspecified atom stereocenters. The van der Waals surface area contributed by atoms with Crippen LogP contribution in [0.4, 0.5) is 11.6 Å². The smallest absolute Gasteiger partial charge is 0.203 e. The molecule has 0 aliphatic heterocycles. The van der Waals surface area contributed by atoms with E-state index in [0.29, 0.717) is 24.0 Å². The lowest BCUT2D eigenvalue weighted by molar-refractivity contribution is 0.197. The molecule has 0 atom stereocenters. The number of anilines is 2. The first-order valence-corrected chi connectivity index (χ1v) is 4.67. The molecule has 3 N–H and O–H groups in total. The highest BCUT2D eigenvalue weighted by Crippen LogP contribution is 2.25. The van der Waals surface area contributed by atoms with Crippen LogP contribution >= 0.6 is 0 Å². The Kier molecular flexibility index (Phi) is 4.62. The van der Waals surface area contributed by atoms with E-state index in [2.05, 4.69) is 15.3 Å². The minimum absolute atomic E-state index is 0.335. The molecule has 84 valence electrons. The van der Waals surface area contributed by atoms with Crippen molar-refractivity contribution in [2.45, 2.75) is 6.42 Å². The van der Waals surface area contributed by atoms with Gasteiger partial charge in [0, 0.05) is 20.3 Å². The normalized spacial score (nSPS) is 10.0. The summed E-state index contributed by atoms with van der Waals surface area (Å²) in [6.45, 7) is 1.45. The second kappa shape index (κ2) is 6.02. The lowest BCUT2D eigenvalue weighted by Crippen LogP contribution is -2.09. The van der Waals surface area contributed by atoms with Crippen molar-refractivity contribution >= 4 is 11.6 Å². The summed E-state index contributed by atoms with van der Waals surface area (Å²) in [4.78, 5) is 7.87. The van der Waals surface area contributed by atoms with Crippen LogP contribution in [0.15, 0.2) is 6.33 Å². The van der Waals surface area contributed by atoms with Crippen LogP contribution in [-0.4, -0.2) is 37.3 Å².